The number of rotatable bonds is 11. The fourth-order valence-corrected chi connectivity index (χ4v) is 1.82. The second-order valence-corrected chi connectivity index (χ2v) is 5.33. The summed E-state index contributed by atoms with van der Waals surface area (Å²) in [6.45, 7) is 1.01. The molecule has 4 N–H and O–H groups in total. The summed E-state index contributed by atoms with van der Waals surface area (Å²) in [5.74, 6) is -0.732. The van der Waals surface area contributed by atoms with Crippen LogP contribution in [0, 0.1) is 0 Å². The second-order valence-electron chi connectivity index (χ2n) is 5.33. The van der Waals surface area contributed by atoms with E-state index in [0.29, 0.717) is 38.4 Å². The second kappa shape index (κ2) is 10.0. The van der Waals surface area contributed by atoms with Gasteiger partial charge in [-0.25, -0.2) is 4.79 Å². The van der Waals surface area contributed by atoms with Crippen LogP contribution in [0.5, 0.6) is 0 Å². The van der Waals surface area contributed by atoms with E-state index < -0.39 is 5.97 Å². The van der Waals surface area contributed by atoms with Crippen molar-refractivity contribution < 1.29 is 19.5 Å². The predicted molar refractivity (Wildman–Crippen MR) is 77.9 cm³/mol. The molecule has 1 rings (SSSR count). The van der Waals surface area contributed by atoms with Gasteiger partial charge in [0.15, 0.2) is 0 Å². The van der Waals surface area contributed by atoms with Gasteiger partial charge in [0.1, 0.15) is 0 Å². The lowest BCUT2D eigenvalue weighted by Gasteiger charge is -2.07. The standard InChI is InChI=1S/C14H25N3O4/c18-12(17-11-7-8-11)5-4-10-16-14(21)15-9-3-1-2-6-13(19)20/h11H,1-10H2,(H,17,18)(H,19,20)(H2,15,16,21). The Labute approximate surface area is 124 Å². The summed E-state index contributed by atoms with van der Waals surface area (Å²) in [4.78, 5) is 33.1. The molecular formula is C14H25N3O4. The van der Waals surface area contributed by atoms with Crippen LogP contribution in [0.2, 0.25) is 0 Å². The van der Waals surface area contributed by atoms with E-state index in [0.717, 1.165) is 25.7 Å². The molecule has 0 spiro atoms. The van der Waals surface area contributed by atoms with Gasteiger partial charge in [-0.2, -0.15) is 0 Å². The first-order valence-electron chi connectivity index (χ1n) is 7.61. The van der Waals surface area contributed by atoms with E-state index in [2.05, 4.69) is 16.0 Å². The third kappa shape index (κ3) is 10.6. The summed E-state index contributed by atoms with van der Waals surface area (Å²) < 4.78 is 0. The minimum atomic E-state index is -0.786. The molecule has 0 aromatic heterocycles. The number of amides is 3. The van der Waals surface area contributed by atoms with Crippen molar-refractivity contribution in [2.75, 3.05) is 13.1 Å². The van der Waals surface area contributed by atoms with Crippen molar-refractivity contribution in [3.63, 3.8) is 0 Å². The Bertz CT molecular complexity index is 356. The SMILES string of the molecule is O=C(O)CCCCCNC(=O)NCCCC(=O)NC1CC1. The Kier molecular flexibility index (Phi) is 8.23. The van der Waals surface area contributed by atoms with Gasteiger partial charge in [0.2, 0.25) is 5.91 Å². The summed E-state index contributed by atoms with van der Waals surface area (Å²) in [5.41, 5.74) is 0. The van der Waals surface area contributed by atoms with E-state index >= 15 is 0 Å². The molecule has 0 aromatic carbocycles. The molecule has 7 heteroatoms. The lowest BCUT2D eigenvalue weighted by Crippen LogP contribution is -2.37. The van der Waals surface area contributed by atoms with Crippen molar-refractivity contribution in [1.29, 1.82) is 0 Å². The molecule has 120 valence electrons. The van der Waals surface area contributed by atoms with Gasteiger partial charge in [-0.15, -0.1) is 0 Å². The number of hydrogen-bond acceptors (Lipinski definition) is 3. The highest BCUT2D eigenvalue weighted by Gasteiger charge is 2.22. The van der Waals surface area contributed by atoms with Crippen molar-refractivity contribution in [1.82, 2.24) is 16.0 Å². The van der Waals surface area contributed by atoms with E-state index in [9.17, 15) is 14.4 Å². The van der Waals surface area contributed by atoms with E-state index in [1.165, 1.54) is 0 Å². The number of hydrogen-bond donors (Lipinski definition) is 4. The van der Waals surface area contributed by atoms with Crippen LogP contribution in [0.1, 0.15) is 51.4 Å². The number of carboxylic acids is 1. The Hall–Kier alpha value is -1.79. The van der Waals surface area contributed by atoms with Crippen LogP contribution < -0.4 is 16.0 Å². The first-order valence-corrected chi connectivity index (χ1v) is 7.61. The molecular weight excluding hydrogens is 274 g/mol. The molecule has 1 aliphatic carbocycles. The fraction of sp³-hybridized carbons (Fsp3) is 0.786. The number of unbranched alkanes of at least 4 members (excludes halogenated alkanes) is 2. The Morgan fingerprint density at radius 3 is 2.19 bits per heavy atom. The van der Waals surface area contributed by atoms with Crippen molar-refractivity contribution >= 4 is 17.9 Å². The van der Waals surface area contributed by atoms with Crippen LogP contribution in [0.15, 0.2) is 0 Å². The smallest absolute Gasteiger partial charge is 0.314 e. The monoisotopic (exact) mass is 299 g/mol. The van der Waals surface area contributed by atoms with Gasteiger partial charge in [-0.3, -0.25) is 9.59 Å². The molecule has 0 aromatic rings. The first-order chi connectivity index (χ1) is 10.1. The highest BCUT2D eigenvalue weighted by atomic mass is 16.4. The number of nitrogens with one attached hydrogen (secondary N) is 3. The van der Waals surface area contributed by atoms with Gasteiger partial charge in [-0.05, 0) is 32.1 Å². The zero-order valence-electron chi connectivity index (χ0n) is 12.3. The predicted octanol–water partition coefficient (Wildman–Crippen LogP) is 0.989. The summed E-state index contributed by atoms with van der Waals surface area (Å²) in [5, 5.41) is 16.8. The number of carbonyl (C=O) groups is 3. The topological polar surface area (TPSA) is 108 Å². The van der Waals surface area contributed by atoms with Crippen LogP contribution in [0.25, 0.3) is 0 Å². The van der Waals surface area contributed by atoms with E-state index in [-0.39, 0.29) is 18.4 Å². The van der Waals surface area contributed by atoms with Crippen molar-refractivity contribution in [3.8, 4) is 0 Å². The molecule has 0 saturated heterocycles. The van der Waals surface area contributed by atoms with Gasteiger partial charge in [-0.1, -0.05) is 6.42 Å². The number of aliphatic carboxylic acids is 1. The minimum absolute atomic E-state index is 0.0538. The summed E-state index contributed by atoms with van der Waals surface area (Å²) in [6.07, 6.45) is 5.59. The average Bonchev–Trinajstić information content (AvgIpc) is 3.22. The zero-order valence-corrected chi connectivity index (χ0v) is 12.3. The molecule has 1 aliphatic rings. The van der Waals surface area contributed by atoms with Crippen molar-refractivity contribution in [2.24, 2.45) is 0 Å². The lowest BCUT2D eigenvalue weighted by atomic mass is 10.2. The number of carboxylic acid groups (broad SMARTS) is 1. The summed E-state index contributed by atoms with van der Waals surface area (Å²) in [6, 6.07) is 0.144. The Morgan fingerprint density at radius 1 is 0.905 bits per heavy atom. The van der Waals surface area contributed by atoms with E-state index in [1.807, 2.05) is 0 Å². The van der Waals surface area contributed by atoms with E-state index in [1.54, 1.807) is 0 Å². The third-order valence-corrected chi connectivity index (χ3v) is 3.16. The van der Waals surface area contributed by atoms with Crippen molar-refractivity contribution in [2.45, 2.75) is 57.4 Å². The molecule has 0 unspecified atom stereocenters. The molecule has 0 atom stereocenters. The Morgan fingerprint density at radius 2 is 1.57 bits per heavy atom. The molecule has 7 nitrogen and oxygen atoms in total. The number of urea groups is 1. The molecule has 3 amide bonds. The lowest BCUT2D eigenvalue weighted by molar-refractivity contribution is -0.137. The maximum Gasteiger partial charge on any atom is 0.314 e. The van der Waals surface area contributed by atoms with Gasteiger partial charge in [0, 0.05) is 32.0 Å². The maximum absolute atomic E-state index is 11.4. The molecule has 1 fully saturated rings. The maximum atomic E-state index is 11.4. The normalized spacial score (nSPS) is 13.5. The van der Waals surface area contributed by atoms with Crippen LogP contribution >= 0.6 is 0 Å². The van der Waals surface area contributed by atoms with E-state index in [4.69, 9.17) is 5.11 Å². The largest absolute Gasteiger partial charge is 0.481 e. The van der Waals surface area contributed by atoms with Gasteiger partial charge >= 0.3 is 12.0 Å². The highest BCUT2D eigenvalue weighted by molar-refractivity contribution is 5.77. The zero-order chi connectivity index (χ0) is 15.5. The fourth-order valence-electron chi connectivity index (χ4n) is 1.82. The molecule has 0 bridgehead atoms. The number of carbonyl (C=O) groups excluding carboxylic acids is 2. The highest BCUT2D eigenvalue weighted by Crippen LogP contribution is 2.18. The third-order valence-electron chi connectivity index (χ3n) is 3.16. The molecule has 1 saturated carbocycles. The van der Waals surface area contributed by atoms with Gasteiger partial charge in [0.05, 0.1) is 0 Å². The van der Waals surface area contributed by atoms with Crippen LogP contribution in [0.3, 0.4) is 0 Å². The minimum Gasteiger partial charge on any atom is -0.481 e. The molecule has 0 radical (unpaired) electrons. The van der Waals surface area contributed by atoms with Crippen LogP contribution in [0.4, 0.5) is 4.79 Å². The summed E-state index contributed by atoms with van der Waals surface area (Å²) in [7, 11) is 0. The molecule has 0 aliphatic heterocycles. The van der Waals surface area contributed by atoms with Crippen molar-refractivity contribution in [3.05, 3.63) is 0 Å². The van der Waals surface area contributed by atoms with Crippen LogP contribution in [-0.2, 0) is 9.59 Å². The van der Waals surface area contributed by atoms with Gasteiger partial charge in [0.25, 0.3) is 0 Å². The van der Waals surface area contributed by atoms with Crippen LogP contribution in [-0.4, -0.2) is 42.1 Å². The molecule has 21 heavy (non-hydrogen) atoms. The van der Waals surface area contributed by atoms with Gasteiger partial charge < -0.3 is 21.1 Å². The first kappa shape index (κ1) is 17.3. The quantitative estimate of drug-likeness (QED) is 0.427. The molecule has 0 heterocycles. The Balaban J connectivity index is 1.84. The average molecular weight is 299 g/mol. The summed E-state index contributed by atoms with van der Waals surface area (Å²) >= 11 is 0.